The van der Waals surface area contributed by atoms with Crippen molar-refractivity contribution in [3.8, 4) is 6.07 Å². The van der Waals surface area contributed by atoms with Crippen LogP contribution in [0.4, 0.5) is 17.5 Å². The summed E-state index contributed by atoms with van der Waals surface area (Å²) in [6.45, 7) is 3.51. The van der Waals surface area contributed by atoms with Gasteiger partial charge in [-0.3, -0.25) is 9.59 Å². The van der Waals surface area contributed by atoms with E-state index in [1.165, 1.54) is 0 Å². The van der Waals surface area contributed by atoms with E-state index in [4.69, 9.17) is 10.2 Å². The molecule has 1 aliphatic rings. The molecule has 0 spiro atoms. The number of hydrogen-bond acceptors (Lipinski definition) is 7. The molecule has 1 aromatic heterocycles. The highest BCUT2D eigenvalue weighted by Crippen LogP contribution is 2.23. The lowest BCUT2D eigenvalue weighted by molar-refractivity contribution is -0.121. The van der Waals surface area contributed by atoms with Gasteiger partial charge < -0.3 is 15.5 Å². The molecule has 0 saturated carbocycles. The number of benzene rings is 2. The predicted octanol–water partition coefficient (Wildman–Crippen LogP) is 4.40. The number of Topliss-reactive ketones (excluding diaryl/α,β-unsaturated/α-hetero) is 1. The van der Waals surface area contributed by atoms with Crippen LogP contribution in [0, 0.1) is 11.3 Å². The molecule has 1 amide bonds. The van der Waals surface area contributed by atoms with Crippen LogP contribution in [-0.2, 0) is 11.2 Å². The largest absolute Gasteiger partial charge is 0.354 e. The van der Waals surface area contributed by atoms with Crippen molar-refractivity contribution >= 4 is 29.1 Å². The molecule has 8 heteroatoms. The molecule has 4 rings (SSSR count). The number of carbonyl (C=O) groups excluding carboxylic acids is 2. The lowest BCUT2D eigenvalue weighted by atomic mass is 10.1. The number of aromatic nitrogens is 2. The van der Waals surface area contributed by atoms with Crippen LogP contribution in [0.15, 0.2) is 60.7 Å². The fourth-order valence-corrected chi connectivity index (χ4v) is 4.26. The second kappa shape index (κ2) is 11.9. The zero-order valence-corrected chi connectivity index (χ0v) is 20.4. The monoisotopic (exact) mass is 482 g/mol. The first-order valence-electron chi connectivity index (χ1n) is 12.3. The number of rotatable bonds is 10. The number of aryl methyl sites for hydroxylation is 1. The molecular formula is C28H30N6O2. The van der Waals surface area contributed by atoms with Crippen LogP contribution >= 0.6 is 0 Å². The number of amides is 1. The van der Waals surface area contributed by atoms with Gasteiger partial charge in [0.2, 0.25) is 11.9 Å². The SMILES string of the molecule is CCCc1cc(N2CC[C@H](NC(=O)CCC(=O)c3ccccc3)C2)nc(Nc2cccc(C#N)c2)n1. The topological polar surface area (TPSA) is 111 Å². The van der Waals surface area contributed by atoms with Gasteiger partial charge in [-0.2, -0.15) is 10.2 Å². The summed E-state index contributed by atoms with van der Waals surface area (Å²) in [7, 11) is 0. The molecule has 1 aliphatic heterocycles. The van der Waals surface area contributed by atoms with Crippen LogP contribution in [-0.4, -0.2) is 40.8 Å². The maximum atomic E-state index is 12.5. The van der Waals surface area contributed by atoms with E-state index in [0.717, 1.165) is 43.0 Å². The summed E-state index contributed by atoms with van der Waals surface area (Å²) in [5.41, 5.74) is 2.89. The van der Waals surface area contributed by atoms with Crippen molar-refractivity contribution in [2.24, 2.45) is 0 Å². The molecule has 1 atom stereocenters. The minimum Gasteiger partial charge on any atom is -0.354 e. The highest BCUT2D eigenvalue weighted by Gasteiger charge is 2.26. The van der Waals surface area contributed by atoms with Crippen molar-refractivity contribution in [3.63, 3.8) is 0 Å². The third-order valence-electron chi connectivity index (χ3n) is 6.07. The Morgan fingerprint density at radius 1 is 1.08 bits per heavy atom. The summed E-state index contributed by atoms with van der Waals surface area (Å²) < 4.78 is 0. The normalized spacial score (nSPS) is 14.8. The number of carbonyl (C=O) groups is 2. The van der Waals surface area contributed by atoms with E-state index in [1.807, 2.05) is 36.4 Å². The first-order valence-corrected chi connectivity index (χ1v) is 12.3. The average molecular weight is 483 g/mol. The minimum atomic E-state index is -0.111. The number of hydrogen-bond donors (Lipinski definition) is 2. The van der Waals surface area contributed by atoms with Crippen LogP contribution < -0.4 is 15.5 Å². The molecule has 3 aromatic rings. The number of nitrogens with zero attached hydrogens (tertiary/aromatic N) is 4. The van der Waals surface area contributed by atoms with E-state index < -0.39 is 0 Å². The lowest BCUT2D eigenvalue weighted by Gasteiger charge is -2.20. The van der Waals surface area contributed by atoms with Gasteiger partial charge in [0.05, 0.1) is 11.6 Å². The van der Waals surface area contributed by atoms with Crippen LogP contribution in [0.2, 0.25) is 0 Å². The van der Waals surface area contributed by atoms with Gasteiger partial charge in [0, 0.05) is 55.0 Å². The van der Waals surface area contributed by atoms with Crippen LogP contribution in [0.25, 0.3) is 0 Å². The molecule has 0 aliphatic carbocycles. The predicted molar refractivity (Wildman–Crippen MR) is 139 cm³/mol. The summed E-state index contributed by atoms with van der Waals surface area (Å²) in [4.78, 5) is 36.3. The second-order valence-electron chi connectivity index (χ2n) is 8.90. The van der Waals surface area contributed by atoms with Gasteiger partial charge in [-0.25, -0.2) is 4.98 Å². The van der Waals surface area contributed by atoms with E-state index in [-0.39, 0.29) is 30.6 Å². The van der Waals surface area contributed by atoms with Crippen molar-refractivity contribution in [2.75, 3.05) is 23.3 Å². The Hall–Kier alpha value is -4.25. The van der Waals surface area contributed by atoms with E-state index in [2.05, 4.69) is 33.5 Å². The maximum Gasteiger partial charge on any atom is 0.229 e. The molecular weight excluding hydrogens is 452 g/mol. The van der Waals surface area contributed by atoms with E-state index in [0.29, 0.717) is 23.6 Å². The van der Waals surface area contributed by atoms with Gasteiger partial charge in [-0.05, 0) is 31.0 Å². The Labute approximate surface area is 211 Å². The molecule has 1 saturated heterocycles. The summed E-state index contributed by atoms with van der Waals surface area (Å²) >= 11 is 0. The number of anilines is 3. The Bertz CT molecular complexity index is 1250. The highest BCUT2D eigenvalue weighted by molar-refractivity contribution is 5.97. The lowest BCUT2D eigenvalue weighted by Crippen LogP contribution is -2.37. The van der Waals surface area contributed by atoms with Crippen molar-refractivity contribution in [1.29, 1.82) is 5.26 Å². The van der Waals surface area contributed by atoms with Gasteiger partial charge in [0.15, 0.2) is 5.78 Å². The Morgan fingerprint density at radius 2 is 1.92 bits per heavy atom. The minimum absolute atomic E-state index is 0.00219. The van der Waals surface area contributed by atoms with Gasteiger partial charge in [0.25, 0.3) is 0 Å². The smallest absolute Gasteiger partial charge is 0.229 e. The summed E-state index contributed by atoms with van der Waals surface area (Å²) in [6.07, 6.45) is 2.96. The van der Waals surface area contributed by atoms with Crippen LogP contribution in [0.3, 0.4) is 0 Å². The quantitative estimate of drug-likeness (QED) is 0.412. The maximum absolute atomic E-state index is 12.5. The zero-order valence-electron chi connectivity index (χ0n) is 20.4. The Kier molecular flexibility index (Phi) is 8.24. The number of nitrogens with one attached hydrogen (secondary N) is 2. The fourth-order valence-electron chi connectivity index (χ4n) is 4.26. The van der Waals surface area contributed by atoms with Crippen molar-refractivity contribution in [3.05, 3.63) is 77.5 Å². The van der Waals surface area contributed by atoms with E-state index in [1.54, 1.807) is 24.3 Å². The molecule has 0 radical (unpaired) electrons. The van der Waals surface area contributed by atoms with Crippen molar-refractivity contribution < 1.29 is 9.59 Å². The first kappa shape index (κ1) is 24.9. The van der Waals surface area contributed by atoms with Crippen molar-refractivity contribution in [2.45, 2.75) is 45.1 Å². The summed E-state index contributed by atoms with van der Waals surface area (Å²) in [6, 6.07) is 20.4. The first-order chi connectivity index (χ1) is 17.5. The second-order valence-corrected chi connectivity index (χ2v) is 8.90. The molecule has 36 heavy (non-hydrogen) atoms. The molecule has 184 valence electrons. The van der Waals surface area contributed by atoms with Crippen LogP contribution in [0.5, 0.6) is 0 Å². The Balaban J connectivity index is 1.37. The molecule has 0 unspecified atom stereocenters. The van der Waals surface area contributed by atoms with E-state index in [9.17, 15) is 9.59 Å². The highest BCUT2D eigenvalue weighted by atomic mass is 16.2. The third kappa shape index (κ3) is 6.66. The molecule has 2 aromatic carbocycles. The summed E-state index contributed by atoms with van der Waals surface area (Å²) in [5.74, 6) is 1.16. The van der Waals surface area contributed by atoms with E-state index >= 15 is 0 Å². The van der Waals surface area contributed by atoms with Gasteiger partial charge in [-0.1, -0.05) is 49.7 Å². The standard InChI is InChI=1S/C28H30N6O2/c1-2-7-22-17-26(33-28(31-22)32-23-11-6-8-20(16-23)18-29)34-15-14-24(19-34)30-27(36)13-12-25(35)21-9-4-3-5-10-21/h3-6,8-11,16-17,24H,2,7,12-15,19H2,1H3,(H,30,36)(H,31,32,33)/t24-/m0/s1. The third-order valence-corrected chi connectivity index (χ3v) is 6.07. The van der Waals surface area contributed by atoms with Gasteiger partial charge in [-0.15, -0.1) is 0 Å². The molecule has 1 fully saturated rings. The van der Waals surface area contributed by atoms with Crippen LogP contribution in [0.1, 0.15) is 54.2 Å². The number of nitriles is 1. The fraction of sp³-hybridized carbons (Fsp3) is 0.321. The molecule has 2 N–H and O–H groups in total. The van der Waals surface area contributed by atoms with Gasteiger partial charge in [0.1, 0.15) is 5.82 Å². The Morgan fingerprint density at radius 3 is 2.69 bits per heavy atom. The molecule has 8 nitrogen and oxygen atoms in total. The van der Waals surface area contributed by atoms with Gasteiger partial charge >= 0.3 is 0 Å². The number of ketones is 1. The molecule has 2 heterocycles. The summed E-state index contributed by atoms with van der Waals surface area (Å²) in [5, 5.41) is 15.5. The average Bonchev–Trinajstić information content (AvgIpc) is 3.36. The molecule has 0 bridgehead atoms. The zero-order chi connectivity index (χ0) is 25.3. The van der Waals surface area contributed by atoms with Crippen molar-refractivity contribution in [1.82, 2.24) is 15.3 Å².